The standard InChI is InChI=1S/C19H27ClN2O3/c1-4-18(23)22-9-5-6-14(11-22)19(24)21-15-7-8-17(16(20)10-15)25-12-13(2)3/h7-8,10,13-14H,4-6,9,11-12H2,1-3H3,(H,21,24). The maximum Gasteiger partial charge on any atom is 0.229 e. The fourth-order valence-corrected chi connectivity index (χ4v) is 3.07. The van der Waals surface area contributed by atoms with Crippen molar-refractivity contribution in [3.8, 4) is 5.75 Å². The average Bonchev–Trinajstić information content (AvgIpc) is 2.60. The first-order valence-corrected chi connectivity index (χ1v) is 9.29. The number of benzene rings is 1. The number of anilines is 1. The van der Waals surface area contributed by atoms with Gasteiger partial charge < -0.3 is 15.0 Å². The third kappa shape index (κ3) is 5.63. The van der Waals surface area contributed by atoms with Crippen LogP contribution >= 0.6 is 11.6 Å². The summed E-state index contributed by atoms with van der Waals surface area (Å²) in [6.07, 6.45) is 2.12. The van der Waals surface area contributed by atoms with Crippen molar-refractivity contribution in [1.29, 1.82) is 0 Å². The predicted molar refractivity (Wildman–Crippen MR) is 100 cm³/mol. The van der Waals surface area contributed by atoms with E-state index in [0.29, 0.717) is 41.9 Å². The van der Waals surface area contributed by atoms with E-state index in [1.807, 2.05) is 6.92 Å². The summed E-state index contributed by atoms with van der Waals surface area (Å²) < 4.78 is 5.64. The van der Waals surface area contributed by atoms with Crippen LogP contribution in [0.1, 0.15) is 40.0 Å². The van der Waals surface area contributed by atoms with Gasteiger partial charge in [-0.05, 0) is 37.0 Å². The van der Waals surface area contributed by atoms with Crippen molar-refractivity contribution in [1.82, 2.24) is 4.90 Å². The Morgan fingerprint density at radius 3 is 2.80 bits per heavy atom. The molecule has 5 nitrogen and oxygen atoms in total. The molecule has 2 amide bonds. The molecule has 1 saturated heterocycles. The Morgan fingerprint density at radius 1 is 1.40 bits per heavy atom. The topological polar surface area (TPSA) is 58.6 Å². The minimum atomic E-state index is -0.181. The first kappa shape index (κ1) is 19.6. The van der Waals surface area contributed by atoms with Crippen LogP contribution in [-0.4, -0.2) is 36.4 Å². The van der Waals surface area contributed by atoms with E-state index in [2.05, 4.69) is 19.2 Å². The van der Waals surface area contributed by atoms with Crippen LogP contribution in [0.15, 0.2) is 18.2 Å². The van der Waals surface area contributed by atoms with Crippen molar-refractivity contribution < 1.29 is 14.3 Å². The molecule has 0 aromatic heterocycles. The first-order chi connectivity index (χ1) is 11.9. The smallest absolute Gasteiger partial charge is 0.229 e. The number of nitrogens with one attached hydrogen (secondary N) is 1. The third-order valence-electron chi connectivity index (χ3n) is 4.22. The summed E-state index contributed by atoms with van der Waals surface area (Å²) >= 11 is 6.24. The molecule has 0 bridgehead atoms. The molecule has 1 atom stereocenters. The molecule has 1 fully saturated rings. The number of carbonyl (C=O) groups is 2. The van der Waals surface area contributed by atoms with E-state index >= 15 is 0 Å². The number of hydrogen-bond donors (Lipinski definition) is 1. The second kappa shape index (κ2) is 9.09. The predicted octanol–water partition coefficient (Wildman–Crippen LogP) is 3.96. The van der Waals surface area contributed by atoms with E-state index in [0.717, 1.165) is 19.4 Å². The Morgan fingerprint density at radius 2 is 2.16 bits per heavy atom. The second-order valence-corrected chi connectivity index (χ2v) is 7.28. The summed E-state index contributed by atoms with van der Waals surface area (Å²) in [5.74, 6) is 0.883. The Hall–Kier alpha value is -1.75. The number of carbonyl (C=O) groups excluding carboxylic acids is 2. The quantitative estimate of drug-likeness (QED) is 0.828. The summed E-state index contributed by atoms with van der Waals surface area (Å²) in [5.41, 5.74) is 0.644. The first-order valence-electron chi connectivity index (χ1n) is 8.91. The molecule has 6 heteroatoms. The third-order valence-corrected chi connectivity index (χ3v) is 4.51. The van der Waals surface area contributed by atoms with Gasteiger partial charge in [0.2, 0.25) is 11.8 Å². The zero-order valence-corrected chi connectivity index (χ0v) is 15.9. The van der Waals surface area contributed by atoms with E-state index in [1.165, 1.54) is 0 Å². The van der Waals surface area contributed by atoms with E-state index in [9.17, 15) is 9.59 Å². The summed E-state index contributed by atoms with van der Waals surface area (Å²) in [4.78, 5) is 26.1. The minimum Gasteiger partial charge on any atom is -0.492 e. The fraction of sp³-hybridized carbons (Fsp3) is 0.579. The summed E-state index contributed by atoms with van der Waals surface area (Å²) in [5, 5.41) is 3.38. The van der Waals surface area contributed by atoms with Gasteiger partial charge in [0.1, 0.15) is 5.75 Å². The number of rotatable bonds is 6. The van der Waals surface area contributed by atoms with Crippen LogP contribution in [-0.2, 0) is 9.59 Å². The zero-order valence-electron chi connectivity index (χ0n) is 15.2. The largest absolute Gasteiger partial charge is 0.492 e. The average molecular weight is 367 g/mol. The van der Waals surface area contributed by atoms with Gasteiger partial charge in [0.25, 0.3) is 0 Å². The molecule has 1 aromatic rings. The molecule has 0 spiro atoms. The van der Waals surface area contributed by atoms with Crippen molar-refractivity contribution in [2.24, 2.45) is 11.8 Å². The highest BCUT2D eigenvalue weighted by Crippen LogP contribution is 2.29. The highest BCUT2D eigenvalue weighted by atomic mass is 35.5. The van der Waals surface area contributed by atoms with Crippen molar-refractivity contribution in [3.63, 3.8) is 0 Å². The number of nitrogens with zero attached hydrogens (tertiary/aromatic N) is 1. The number of amides is 2. The lowest BCUT2D eigenvalue weighted by Crippen LogP contribution is -2.43. The van der Waals surface area contributed by atoms with Crippen LogP contribution in [0.3, 0.4) is 0 Å². The maximum atomic E-state index is 12.5. The molecule has 0 radical (unpaired) electrons. The normalized spacial score (nSPS) is 17.5. The molecule has 1 aromatic carbocycles. The fourth-order valence-electron chi connectivity index (χ4n) is 2.84. The number of hydrogen-bond acceptors (Lipinski definition) is 3. The van der Waals surface area contributed by atoms with Crippen LogP contribution in [0.5, 0.6) is 5.75 Å². The molecule has 25 heavy (non-hydrogen) atoms. The van der Waals surface area contributed by atoms with Crippen LogP contribution in [0.25, 0.3) is 0 Å². The van der Waals surface area contributed by atoms with E-state index < -0.39 is 0 Å². The molecule has 2 rings (SSSR count). The summed E-state index contributed by atoms with van der Waals surface area (Å²) in [7, 11) is 0. The van der Waals surface area contributed by atoms with Crippen LogP contribution < -0.4 is 10.1 Å². The maximum absolute atomic E-state index is 12.5. The van der Waals surface area contributed by atoms with E-state index in [4.69, 9.17) is 16.3 Å². The van der Waals surface area contributed by atoms with Crippen LogP contribution in [0, 0.1) is 11.8 Å². The van der Waals surface area contributed by atoms with Gasteiger partial charge in [-0.2, -0.15) is 0 Å². The number of piperidine rings is 1. The molecular formula is C19H27ClN2O3. The minimum absolute atomic E-state index is 0.0690. The van der Waals surface area contributed by atoms with Gasteiger partial charge in [-0.3, -0.25) is 9.59 Å². The van der Waals surface area contributed by atoms with Crippen molar-refractivity contribution in [2.75, 3.05) is 25.0 Å². The number of ether oxygens (including phenoxy) is 1. The number of halogens is 1. The molecule has 138 valence electrons. The summed E-state index contributed by atoms with van der Waals surface area (Å²) in [6.45, 7) is 7.80. The molecular weight excluding hydrogens is 340 g/mol. The monoisotopic (exact) mass is 366 g/mol. The van der Waals surface area contributed by atoms with Crippen LogP contribution in [0.4, 0.5) is 5.69 Å². The van der Waals surface area contributed by atoms with Gasteiger partial charge in [0, 0.05) is 25.2 Å². The molecule has 0 aliphatic carbocycles. The van der Waals surface area contributed by atoms with Crippen LogP contribution in [0.2, 0.25) is 5.02 Å². The van der Waals surface area contributed by atoms with Gasteiger partial charge in [-0.1, -0.05) is 32.4 Å². The molecule has 1 N–H and O–H groups in total. The molecule has 1 aliphatic rings. The molecule has 1 aliphatic heterocycles. The van der Waals surface area contributed by atoms with E-state index in [-0.39, 0.29) is 17.7 Å². The van der Waals surface area contributed by atoms with Gasteiger partial charge in [-0.25, -0.2) is 0 Å². The highest BCUT2D eigenvalue weighted by molar-refractivity contribution is 6.32. The van der Waals surface area contributed by atoms with E-state index in [1.54, 1.807) is 23.1 Å². The lowest BCUT2D eigenvalue weighted by molar-refractivity contribution is -0.134. The molecule has 0 saturated carbocycles. The van der Waals surface area contributed by atoms with Crippen molar-refractivity contribution >= 4 is 29.1 Å². The lowest BCUT2D eigenvalue weighted by Gasteiger charge is -2.31. The zero-order chi connectivity index (χ0) is 18.4. The molecule has 1 heterocycles. The van der Waals surface area contributed by atoms with Gasteiger partial charge >= 0.3 is 0 Å². The lowest BCUT2D eigenvalue weighted by atomic mass is 9.96. The van der Waals surface area contributed by atoms with Crippen molar-refractivity contribution in [2.45, 2.75) is 40.0 Å². The van der Waals surface area contributed by atoms with Gasteiger partial charge in [0.15, 0.2) is 0 Å². The van der Waals surface area contributed by atoms with Gasteiger partial charge in [0.05, 0.1) is 17.5 Å². The summed E-state index contributed by atoms with van der Waals surface area (Å²) in [6, 6.07) is 5.26. The van der Waals surface area contributed by atoms with Crippen molar-refractivity contribution in [3.05, 3.63) is 23.2 Å². The second-order valence-electron chi connectivity index (χ2n) is 6.87. The SMILES string of the molecule is CCC(=O)N1CCCC(C(=O)Nc2ccc(OCC(C)C)c(Cl)c2)C1. The Labute approximate surface area is 154 Å². The Bertz CT molecular complexity index is 619. The van der Waals surface area contributed by atoms with Gasteiger partial charge in [-0.15, -0.1) is 0 Å². The Kier molecular flexibility index (Phi) is 7.12. The highest BCUT2D eigenvalue weighted by Gasteiger charge is 2.27. The Balaban J connectivity index is 1.95. The molecule has 1 unspecified atom stereocenters. The number of likely N-dealkylation sites (tertiary alicyclic amines) is 1.